The molecule has 0 bridgehead atoms. The minimum atomic E-state index is -0.569. The molecule has 9 nitrogen and oxygen atoms in total. The second kappa shape index (κ2) is 9.36. The van der Waals surface area contributed by atoms with Gasteiger partial charge in [-0.1, -0.05) is 0 Å². The van der Waals surface area contributed by atoms with Crippen LogP contribution in [-0.2, 0) is 0 Å². The summed E-state index contributed by atoms with van der Waals surface area (Å²) in [4.78, 5) is 4.46. The highest BCUT2D eigenvalue weighted by molar-refractivity contribution is 7.10. The monoisotopic (exact) mass is 389 g/mol. The molecule has 0 amide bonds. The molecule has 27 heavy (non-hydrogen) atoms. The zero-order valence-electron chi connectivity index (χ0n) is 15.7. The lowest BCUT2D eigenvalue weighted by Gasteiger charge is -2.15. The fraction of sp³-hybridized carbons (Fsp3) is 0.471. The number of aliphatic hydroxyl groups excluding tert-OH is 2. The number of azo groups is 1. The van der Waals surface area contributed by atoms with Crippen LogP contribution in [0.25, 0.3) is 0 Å². The molecule has 0 aliphatic carbocycles. The van der Waals surface area contributed by atoms with E-state index in [1.807, 2.05) is 6.92 Å². The molecule has 0 saturated heterocycles. The SMILES string of the molecule is Cc1cc(NCC(C)O)nc(NCC(C)O)c1N=Nc1snc(C)c1C#N. The van der Waals surface area contributed by atoms with E-state index in [-0.39, 0.29) is 6.54 Å². The number of aromatic nitrogens is 2. The van der Waals surface area contributed by atoms with E-state index in [9.17, 15) is 15.5 Å². The molecule has 0 saturated carbocycles. The molecule has 2 aromatic heterocycles. The number of aliphatic hydroxyl groups is 2. The van der Waals surface area contributed by atoms with Gasteiger partial charge in [0.25, 0.3) is 0 Å². The van der Waals surface area contributed by atoms with E-state index in [4.69, 9.17) is 0 Å². The third-order valence-electron chi connectivity index (χ3n) is 3.52. The summed E-state index contributed by atoms with van der Waals surface area (Å²) in [7, 11) is 0. The first kappa shape index (κ1) is 20.7. The van der Waals surface area contributed by atoms with Crippen molar-refractivity contribution in [2.24, 2.45) is 10.2 Å². The first-order chi connectivity index (χ1) is 12.8. The molecule has 2 rings (SSSR count). The van der Waals surface area contributed by atoms with Crippen molar-refractivity contribution in [1.29, 1.82) is 5.26 Å². The largest absolute Gasteiger partial charge is 0.392 e. The second-order valence-electron chi connectivity index (χ2n) is 6.24. The van der Waals surface area contributed by atoms with Crippen LogP contribution in [0.4, 0.5) is 22.3 Å². The van der Waals surface area contributed by atoms with Crippen molar-refractivity contribution in [3.05, 3.63) is 22.9 Å². The Kier molecular flexibility index (Phi) is 7.18. The molecule has 2 heterocycles. The third kappa shape index (κ3) is 5.68. The molecule has 2 atom stereocenters. The molecule has 2 aromatic rings. The van der Waals surface area contributed by atoms with Crippen LogP contribution in [-0.4, -0.2) is 44.9 Å². The predicted molar refractivity (Wildman–Crippen MR) is 105 cm³/mol. The maximum absolute atomic E-state index is 9.56. The normalized spacial score (nSPS) is 13.4. The summed E-state index contributed by atoms with van der Waals surface area (Å²) in [5.74, 6) is 1.03. The first-order valence-corrected chi connectivity index (χ1v) is 9.22. The van der Waals surface area contributed by atoms with Crippen molar-refractivity contribution in [1.82, 2.24) is 9.36 Å². The molecule has 2 unspecified atom stereocenters. The second-order valence-corrected chi connectivity index (χ2v) is 6.99. The third-order valence-corrected chi connectivity index (χ3v) is 4.35. The predicted octanol–water partition coefficient (Wildman–Crippen LogP) is 3.03. The lowest BCUT2D eigenvalue weighted by Crippen LogP contribution is -2.18. The standard InChI is InChI=1S/C17H23N7O2S/c1-9-5-14(19-7-10(2)25)21-16(20-8-11(3)26)15(9)22-23-17-13(6-18)12(4)24-27-17/h5,10-11,25-26H,7-8H2,1-4H3,(H2,19,20,21). The fourth-order valence-electron chi connectivity index (χ4n) is 2.15. The molecular formula is C17H23N7O2S. The minimum absolute atomic E-state index is 0.290. The molecule has 4 N–H and O–H groups in total. The average Bonchev–Trinajstić information content (AvgIpc) is 2.96. The average molecular weight is 389 g/mol. The number of hydrogen-bond donors (Lipinski definition) is 4. The van der Waals surface area contributed by atoms with Gasteiger partial charge in [0.1, 0.15) is 23.1 Å². The Balaban J connectivity index is 2.37. The number of pyridine rings is 1. The summed E-state index contributed by atoms with van der Waals surface area (Å²) in [6, 6.07) is 3.88. The molecular weight excluding hydrogens is 366 g/mol. The number of hydrogen-bond acceptors (Lipinski definition) is 10. The summed E-state index contributed by atoms with van der Waals surface area (Å²) in [6.45, 7) is 7.60. The minimum Gasteiger partial charge on any atom is -0.392 e. The van der Waals surface area contributed by atoms with Crippen LogP contribution in [0.5, 0.6) is 0 Å². The van der Waals surface area contributed by atoms with Crippen molar-refractivity contribution in [3.8, 4) is 6.07 Å². The number of anilines is 2. The Labute approximate surface area is 162 Å². The number of aryl methyl sites for hydroxylation is 2. The molecule has 0 aliphatic heterocycles. The molecule has 10 heteroatoms. The summed E-state index contributed by atoms with van der Waals surface area (Å²) < 4.78 is 4.13. The van der Waals surface area contributed by atoms with Gasteiger partial charge in [0.15, 0.2) is 10.8 Å². The van der Waals surface area contributed by atoms with E-state index < -0.39 is 12.2 Å². The van der Waals surface area contributed by atoms with E-state index in [1.54, 1.807) is 26.8 Å². The zero-order chi connectivity index (χ0) is 20.0. The van der Waals surface area contributed by atoms with E-state index >= 15 is 0 Å². The van der Waals surface area contributed by atoms with Crippen molar-refractivity contribution < 1.29 is 10.2 Å². The summed E-state index contributed by atoms with van der Waals surface area (Å²) >= 11 is 1.11. The first-order valence-electron chi connectivity index (χ1n) is 8.45. The summed E-state index contributed by atoms with van der Waals surface area (Å²) in [5, 5.41) is 43.2. The van der Waals surface area contributed by atoms with Crippen molar-refractivity contribution in [2.45, 2.75) is 39.9 Å². The van der Waals surface area contributed by atoms with E-state index in [0.717, 1.165) is 17.1 Å². The molecule has 0 fully saturated rings. The van der Waals surface area contributed by atoms with Gasteiger partial charge < -0.3 is 20.8 Å². The zero-order valence-corrected chi connectivity index (χ0v) is 16.5. The highest BCUT2D eigenvalue weighted by atomic mass is 32.1. The molecule has 0 radical (unpaired) electrons. The van der Waals surface area contributed by atoms with Gasteiger partial charge in [0, 0.05) is 13.1 Å². The van der Waals surface area contributed by atoms with Gasteiger partial charge in [-0.2, -0.15) is 9.64 Å². The smallest absolute Gasteiger partial charge is 0.176 e. The number of nitriles is 1. The molecule has 144 valence electrons. The van der Waals surface area contributed by atoms with Crippen LogP contribution < -0.4 is 10.6 Å². The summed E-state index contributed by atoms with van der Waals surface area (Å²) in [6.07, 6.45) is -1.08. The van der Waals surface area contributed by atoms with Gasteiger partial charge in [-0.15, -0.1) is 10.2 Å². The van der Waals surface area contributed by atoms with Gasteiger partial charge in [-0.05, 0) is 50.9 Å². The van der Waals surface area contributed by atoms with Gasteiger partial charge in [0.05, 0.1) is 17.9 Å². The van der Waals surface area contributed by atoms with Crippen molar-refractivity contribution in [3.63, 3.8) is 0 Å². The number of nitrogens with zero attached hydrogens (tertiary/aromatic N) is 5. The van der Waals surface area contributed by atoms with Crippen molar-refractivity contribution >= 4 is 33.9 Å². The van der Waals surface area contributed by atoms with Crippen LogP contribution in [0.1, 0.15) is 30.7 Å². The van der Waals surface area contributed by atoms with Crippen LogP contribution in [0, 0.1) is 25.2 Å². The highest BCUT2D eigenvalue weighted by Crippen LogP contribution is 2.34. The Morgan fingerprint density at radius 3 is 2.48 bits per heavy atom. The molecule has 0 spiro atoms. The Morgan fingerprint density at radius 1 is 1.19 bits per heavy atom. The summed E-state index contributed by atoms with van der Waals surface area (Å²) in [5.41, 5.74) is 2.34. The Hall–Kier alpha value is -2.61. The lowest BCUT2D eigenvalue weighted by molar-refractivity contribution is 0.208. The van der Waals surface area contributed by atoms with Gasteiger partial charge in [-0.3, -0.25) is 0 Å². The quantitative estimate of drug-likeness (QED) is 0.509. The maximum atomic E-state index is 9.56. The Bertz CT molecular complexity index is 856. The van der Waals surface area contributed by atoms with Crippen LogP contribution in [0.15, 0.2) is 16.3 Å². The Morgan fingerprint density at radius 2 is 1.85 bits per heavy atom. The van der Waals surface area contributed by atoms with Crippen LogP contribution in [0.3, 0.4) is 0 Å². The van der Waals surface area contributed by atoms with Gasteiger partial charge in [-0.25, -0.2) is 4.98 Å². The van der Waals surface area contributed by atoms with Gasteiger partial charge in [0.2, 0.25) is 0 Å². The lowest BCUT2D eigenvalue weighted by atomic mass is 10.2. The van der Waals surface area contributed by atoms with E-state index in [0.29, 0.717) is 40.1 Å². The number of nitrogens with one attached hydrogen (secondary N) is 2. The van der Waals surface area contributed by atoms with Crippen LogP contribution in [0.2, 0.25) is 0 Å². The van der Waals surface area contributed by atoms with Gasteiger partial charge >= 0.3 is 0 Å². The van der Waals surface area contributed by atoms with E-state index in [2.05, 4.69) is 36.3 Å². The topological polar surface area (TPSA) is 139 Å². The maximum Gasteiger partial charge on any atom is 0.176 e. The highest BCUT2D eigenvalue weighted by Gasteiger charge is 2.13. The molecule has 0 aromatic carbocycles. The number of rotatable bonds is 8. The fourth-order valence-corrected chi connectivity index (χ4v) is 2.83. The van der Waals surface area contributed by atoms with Crippen LogP contribution >= 0.6 is 11.5 Å². The molecule has 0 aliphatic rings. The van der Waals surface area contributed by atoms with Crippen molar-refractivity contribution in [2.75, 3.05) is 23.7 Å². The van der Waals surface area contributed by atoms with E-state index in [1.165, 1.54) is 0 Å².